The zero-order valence-corrected chi connectivity index (χ0v) is 18.1. The molecule has 3 atom stereocenters. The maximum Gasteiger partial charge on any atom is 0.183 e. The van der Waals surface area contributed by atoms with Crippen molar-refractivity contribution < 1.29 is 4.74 Å². The molecular weight excluding hydrogens is 416 g/mol. The van der Waals surface area contributed by atoms with Crippen molar-refractivity contribution in [1.82, 2.24) is 0 Å². The van der Waals surface area contributed by atoms with E-state index in [0.717, 1.165) is 24.3 Å². The van der Waals surface area contributed by atoms with Crippen LogP contribution in [0.4, 0.5) is 0 Å². The van der Waals surface area contributed by atoms with Crippen LogP contribution in [0.2, 0.25) is 0 Å². The van der Waals surface area contributed by atoms with Crippen LogP contribution in [0, 0.1) is 11.8 Å². The van der Waals surface area contributed by atoms with Crippen molar-refractivity contribution in [2.24, 2.45) is 11.8 Å². The van der Waals surface area contributed by atoms with Gasteiger partial charge in [0.25, 0.3) is 0 Å². The van der Waals surface area contributed by atoms with E-state index >= 15 is 0 Å². The first kappa shape index (κ1) is 17.8. The topological polar surface area (TPSA) is 9.23 Å². The van der Waals surface area contributed by atoms with E-state index in [0.29, 0.717) is 11.8 Å². The van der Waals surface area contributed by atoms with Crippen molar-refractivity contribution in [3.05, 3.63) is 69.0 Å². The predicted molar refractivity (Wildman–Crippen MR) is 117 cm³/mol. The van der Waals surface area contributed by atoms with Crippen LogP contribution in [0.1, 0.15) is 50.2 Å². The Morgan fingerprint density at radius 3 is 2.85 bits per heavy atom. The van der Waals surface area contributed by atoms with E-state index < -0.39 is 0 Å². The first-order valence-electron chi connectivity index (χ1n) is 10.1. The maximum atomic E-state index is 7.04. The van der Waals surface area contributed by atoms with Gasteiger partial charge in [-0.2, -0.15) is 0 Å². The van der Waals surface area contributed by atoms with Crippen molar-refractivity contribution in [3.63, 3.8) is 0 Å². The molecule has 1 saturated carbocycles. The van der Waals surface area contributed by atoms with Crippen LogP contribution in [0.3, 0.4) is 0 Å². The summed E-state index contributed by atoms with van der Waals surface area (Å²) in [5, 5.41) is 3.33. The largest absolute Gasteiger partial charge is 0.472 e. The number of ether oxygens (including phenoxy) is 1. The van der Waals surface area contributed by atoms with Gasteiger partial charge in [-0.3, -0.25) is 0 Å². The molecule has 2 heterocycles. The second kappa shape index (κ2) is 6.93. The normalized spacial score (nSPS) is 29.0. The van der Waals surface area contributed by atoms with E-state index in [9.17, 15) is 0 Å². The Morgan fingerprint density at radius 1 is 1.22 bits per heavy atom. The van der Waals surface area contributed by atoms with Crippen LogP contribution < -0.4 is 4.74 Å². The van der Waals surface area contributed by atoms with Crippen LogP contribution in [0.5, 0.6) is 5.06 Å². The Hall–Kier alpha value is -1.32. The van der Waals surface area contributed by atoms with Crippen molar-refractivity contribution in [3.8, 4) is 5.06 Å². The first-order chi connectivity index (χ1) is 13.2. The molecule has 0 amide bonds. The predicted octanol–water partition coefficient (Wildman–Crippen LogP) is 7.42. The number of hydrogen-bond acceptors (Lipinski definition) is 2. The van der Waals surface area contributed by atoms with Gasteiger partial charge in [0.15, 0.2) is 5.06 Å². The van der Waals surface area contributed by atoms with Crippen LogP contribution in [-0.4, -0.2) is 5.60 Å². The Kier molecular flexibility index (Phi) is 4.56. The Labute approximate surface area is 174 Å². The molecule has 1 nitrogen and oxygen atoms in total. The van der Waals surface area contributed by atoms with Gasteiger partial charge in [0, 0.05) is 27.3 Å². The lowest BCUT2D eigenvalue weighted by molar-refractivity contribution is -0.0300. The number of benzene rings is 1. The molecule has 1 aliphatic heterocycles. The highest BCUT2D eigenvalue weighted by Gasteiger charge is 2.55. The molecule has 27 heavy (non-hydrogen) atoms. The molecule has 140 valence electrons. The third kappa shape index (κ3) is 2.69. The SMILES string of the molecule is CCC1=C(Cc2ccccc2)C2(Oc3scc(Br)c31)C1C=CCC2CCC1. The second-order valence-electron chi connectivity index (χ2n) is 8.01. The van der Waals surface area contributed by atoms with Gasteiger partial charge in [0.05, 0.1) is 0 Å². The third-order valence-corrected chi connectivity index (χ3v) is 8.49. The molecule has 1 fully saturated rings. The summed E-state index contributed by atoms with van der Waals surface area (Å²) in [6, 6.07) is 11.0. The number of halogens is 1. The van der Waals surface area contributed by atoms with E-state index in [-0.39, 0.29) is 5.60 Å². The highest BCUT2D eigenvalue weighted by Crippen LogP contribution is 2.59. The van der Waals surface area contributed by atoms with Crippen molar-refractivity contribution in [2.45, 2.75) is 51.0 Å². The van der Waals surface area contributed by atoms with E-state index in [1.807, 2.05) is 0 Å². The van der Waals surface area contributed by atoms with Crippen LogP contribution >= 0.6 is 27.3 Å². The quantitative estimate of drug-likeness (QED) is 0.450. The second-order valence-corrected chi connectivity index (χ2v) is 9.71. The van der Waals surface area contributed by atoms with Gasteiger partial charge in [-0.05, 0) is 64.7 Å². The molecule has 5 rings (SSSR count). The van der Waals surface area contributed by atoms with E-state index in [2.05, 4.69) is 70.7 Å². The fourth-order valence-electron chi connectivity index (χ4n) is 5.58. The maximum absolute atomic E-state index is 7.04. The highest BCUT2D eigenvalue weighted by molar-refractivity contribution is 9.10. The Bertz CT molecular complexity index is 910. The molecule has 2 aromatic rings. The Balaban J connectivity index is 1.74. The minimum atomic E-state index is -0.147. The monoisotopic (exact) mass is 440 g/mol. The minimum absolute atomic E-state index is 0.147. The molecule has 3 aliphatic rings. The lowest BCUT2D eigenvalue weighted by Gasteiger charge is -2.54. The van der Waals surface area contributed by atoms with Crippen LogP contribution in [0.15, 0.2) is 57.9 Å². The summed E-state index contributed by atoms with van der Waals surface area (Å²) in [7, 11) is 0. The first-order valence-corrected chi connectivity index (χ1v) is 11.8. The number of fused-ring (bicyclic) bond motifs is 1. The lowest BCUT2D eigenvalue weighted by atomic mass is 9.58. The molecule has 2 bridgehead atoms. The molecular formula is C24H25BrOS. The lowest BCUT2D eigenvalue weighted by Crippen LogP contribution is -2.56. The molecule has 2 aliphatic carbocycles. The van der Waals surface area contributed by atoms with Gasteiger partial charge in [0.2, 0.25) is 0 Å². The summed E-state index contributed by atoms with van der Waals surface area (Å²) in [5.74, 6) is 1.09. The fraction of sp³-hybridized carbons (Fsp3) is 0.417. The van der Waals surface area contributed by atoms with E-state index in [1.165, 1.54) is 40.4 Å². The summed E-state index contributed by atoms with van der Waals surface area (Å²) >= 11 is 5.56. The molecule has 1 aromatic heterocycles. The van der Waals surface area contributed by atoms with Crippen LogP contribution in [-0.2, 0) is 6.42 Å². The van der Waals surface area contributed by atoms with E-state index in [4.69, 9.17) is 4.74 Å². The molecule has 0 radical (unpaired) electrons. The average molecular weight is 441 g/mol. The molecule has 0 saturated heterocycles. The highest BCUT2D eigenvalue weighted by atomic mass is 79.9. The zero-order chi connectivity index (χ0) is 18.4. The summed E-state index contributed by atoms with van der Waals surface area (Å²) < 4.78 is 8.24. The van der Waals surface area contributed by atoms with Crippen LogP contribution in [0.25, 0.3) is 5.57 Å². The average Bonchev–Trinajstić information content (AvgIpc) is 3.03. The van der Waals surface area contributed by atoms with Gasteiger partial charge in [-0.1, -0.05) is 55.8 Å². The van der Waals surface area contributed by atoms with Gasteiger partial charge >= 0.3 is 0 Å². The van der Waals surface area contributed by atoms with Crippen molar-refractivity contribution in [1.29, 1.82) is 0 Å². The fourth-order valence-corrected chi connectivity index (χ4v) is 7.28. The van der Waals surface area contributed by atoms with Crippen molar-refractivity contribution in [2.75, 3.05) is 0 Å². The molecule has 1 spiro atoms. The Morgan fingerprint density at radius 2 is 2.07 bits per heavy atom. The minimum Gasteiger partial charge on any atom is -0.472 e. The molecule has 0 N–H and O–H groups in total. The summed E-state index contributed by atoms with van der Waals surface area (Å²) in [6.45, 7) is 2.31. The summed E-state index contributed by atoms with van der Waals surface area (Å²) in [5.41, 5.74) is 5.61. The third-order valence-electron chi connectivity index (χ3n) is 6.70. The standard InChI is InChI=1S/C24H25BrOS/c1-2-19-20(14-16-8-4-3-5-9-16)24(26-23-22(19)21(25)15-27-23)17-10-6-11-18(24)13-7-12-17/h3-6,8-10,15,17-18H,2,7,11-14H2,1H3. The number of rotatable bonds is 3. The molecule has 3 unspecified atom stereocenters. The van der Waals surface area contributed by atoms with Gasteiger partial charge in [0.1, 0.15) is 5.60 Å². The van der Waals surface area contributed by atoms with Gasteiger partial charge < -0.3 is 4.74 Å². The van der Waals surface area contributed by atoms with Gasteiger partial charge in [-0.15, -0.1) is 11.3 Å². The molecule has 3 heteroatoms. The smallest absolute Gasteiger partial charge is 0.183 e. The zero-order valence-electron chi connectivity index (χ0n) is 15.7. The van der Waals surface area contributed by atoms with Gasteiger partial charge in [-0.25, -0.2) is 0 Å². The number of thiophene rings is 1. The summed E-state index contributed by atoms with van der Waals surface area (Å²) in [6.07, 6.45) is 11.9. The number of allylic oxidation sites excluding steroid dienone is 2. The molecule has 1 aromatic carbocycles. The van der Waals surface area contributed by atoms with E-state index in [1.54, 1.807) is 16.9 Å². The number of hydrogen-bond donors (Lipinski definition) is 0. The summed E-state index contributed by atoms with van der Waals surface area (Å²) in [4.78, 5) is 0. The van der Waals surface area contributed by atoms with Crippen molar-refractivity contribution >= 4 is 32.8 Å².